The van der Waals surface area contributed by atoms with Gasteiger partial charge in [-0.2, -0.15) is 12.6 Å². The van der Waals surface area contributed by atoms with Gasteiger partial charge in [-0.1, -0.05) is 12.2 Å². The quantitative estimate of drug-likeness (QED) is 0.336. The SMILES string of the molecule is C/C=C/C(Cl)CS. The molecule has 0 N–H and O–H groups in total. The van der Waals surface area contributed by atoms with E-state index < -0.39 is 0 Å². The number of allylic oxidation sites excluding steroid dienone is 2. The zero-order valence-electron chi connectivity index (χ0n) is 4.26. The molecule has 1 atom stereocenters. The van der Waals surface area contributed by atoms with Gasteiger partial charge in [-0.15, -0.1) is 11.6 Å². The Hall–Kier alpha value is 0.380. The number of alkyl halides is 1. The topological polar surface area (TPSA) is 0 Å². The van der Waals surface area contributed by atoms with E-state index in [9.17, 15) is 0 Å². The first-order chi connectivity index (χ1) is 3.31. The second-order valence-electron chi connectivity index (χ2n) is 1.22. The van der Waals surface area contributed by atoms with Gasteiger partial charge < -0.3 is 0 Å². The van der Waals surface area contributed by atoms with Crippen LogP contribution >= 0.6 is 24.2 Å². The predicted molar refractivity (Wildman–Crippen MR) is 38.3 cm³/mol. The molecular weight excluding hydrogens is 128 g/mol. The summed E-state index contributed by atoms with van der Waals surface area (Å²) >= 11 is 9.57. The maximum atomic E-state index is 5.60. The van der Waals surface area contributed by atoms with Crippen LogP contribution in [0.1, 0.15) is 6.92 Å². The zero-order valence-corrected chi connectivity index (χ0v) is 5.91. The van der Waals surface area contributed by atoms with Gasteiger partial charge in [-0.25, -0.2) is 0 Å². The molecule has 0 amide bonds. The fourth-order valence-corrected chi connectivity index (χ4v) is 0.537. The van der Waals surface area contributed by atoms with E-state index in [0.29, 0.717) is 5.75 Å². The average Bonchev–Trinajstić information content (AvgIpc) is 1.68. The number of rotatable bonds is 2. The Labute approximate surface area is 55.0 Å². The van der Waals surface area contributed by atoms with Crippen molar-refractivity contribution in [2.24, 2.45) is 0 Å². The minimum absolute atomic E-state index is 0.105. The number of halogens is 1. The van der Waals surface area contributed by atoms with Crippen LogP contribution in [0.5, 0.6) is 0 Å². The summed E-state index contributed by atoms with van der Waals surface area (Å²) in [6.45, 7) is 1.94. The zero-order chi connectivity index (χ0) is 5.70. The van der Waals surface area contributed by atoms with Gasteiger partial charge in [0, 0.05) is 5.75 Å². The Bertz CT molecular complexity index is 61.1. The van der Waals surface area contributed by atoms with Crippen LogP contribution in [-0.4, -0.2) is 11.1 Å². The van der Waals surface area contributed by atoms with Crippen molar-refractivity contribution in [1.29, 1.82) is 0 Å². The summed E-state index contributed by atoms with van der Waals surface area (Å²) in [4.78, 5) is 0. The lowest BCUT2D eigenvalue weighted by molar-refractivity contribution is 1.25. The molecule has 0 aliphatic rings. The Morgan fingerprint density at radius 2 is 2.43 bits per heavy atom. The van der Waals surface area contributed by atoms with E-state index in [0.717, 1.165) is 0 Å². The van der Waals surface area contributed by atoms with Crippen LogP contribution in [0.4, 0.5) is 0 Å². The standard InChI is InChI=1S/C5H9ClS/c1-2-3-5(6)4-7/h2-3,5,7H,4H2,1H3/b3-2+. The summed E-state index contributed by atoms with van der Waals surface area (Å²) in [6, 6.07) is 0. The van der Waals surface area contributed by atoms with Crippen LogP contribution < -0.4 is 0 Å². The van der Waals surface area contributed by atoms with Gasteiger partial charge in [0.15, 0.2) is 0 Å². The molecular formula is C5H9ClS. The lowest BCUT2D eigenvalue weighted by Gasteiger charge is -1.92. The monoisotopic (exact) mass is 136 g/mol. The fraction of sp³-hybridized carbons (Fsp3) is 0.600. The summed E-state index contributed by atoms with van der Waals surface area (Å²) in [7, 11) is 0. The smallest absolute Gasteiger partial charge is 0.0603 e. The molecule has 0 radical (unpaired) electrons. The molecule has 0 saturated carbocycles. The second-order valence-corrected chi connectivity index (χ2v) is 2.15. The van der Waals surface area contributed by atoms with E-state index in [1.54, 1.807) is 0 Å². The maximum Gasteiger partial charge on any atom is 0.0603 e. The van der Waals surface area contributed by atoms with Crippen LogP contribution in [-0.2, 0) is 0 Å². The third-order valence-corrected chi connectivity index (χ3v) is 1.48. The summed E-state index contributed by atoms with van der Waals surface area (Å²) in [6.07, 6.45) is 3.84. The van der Waals surface area contributed by atoms with E-state index in [2.05, 4.69) is 12.6 Å². The van der Waals surface area contributed by atoms with Crippen molar-refractivity contribution in [3.05, 3.63) is 12.2 Å². The van der Waals surface area contributed by atoms with Gasteiger partial charge in [0.1, 0.15) is 0 Å². The highest BCUT2D eigenvalue weighted by Crippen LogP contribution is 1.98. The molecule has 0 rings (SSSR count). The van der Waals surface area contributed by atoms with Crippen molar-refractivity contribution in [1.82, 2.24) is 0 Å². The van der Waals surface area contributed by atoms with Crippen molar-refractivity contribution in [3.8, 4) is 0 Å². The van der Waals surface area contributed by atoms with E-state index >= 15 is 0 Å². The van der Waals surface area contributed by atoms with Crippen molar-refractivity contribution in [2.75, 3.05) is 5.75 Å². The molecule has 0 fully saturated rings. The van der Waals surface area contributed by atoms with E-state index in [1.807, 2.05) is 19.1 Å². The minimum atomic E-state index is 0.105. The van der Waals surface area contributed by atoms with Gasteiger partial charge in [0.2, 0.25) is 0 Å². The number of hydrogen-bond acceptors (Lipinski definition) is 1. The molecule has 0 bridgehead atoms. The number of thiol groups is 1. The van der Waals surface area contributed by atoms with Crippen LogP contribution in [0, 0.1) is 0 Å². The van der Waals surface area contributed by atoms with E-state index in [-0.39, 0.29) is 5.38 Å². The minimum Gasteiger partial charge on any atom is -0.177 e. The van der Waals surface area contributed by atoms with Gasteiger partial charge in [-0.3, -0.25) is 0 Å². The Kier molecular flexibility index (Phi) is 4.78. The highest BCUT2D eigenvalue weighted by atomic mass is 35.5. The highest BCUT2D eigenvalue weighted by Gasteiger charge is 1.89. The van der Waals surface area contributed by atoms with Crippen molar-refractivity contribution in [3.63, 3.8) is 0 Å². The van der Waals surface area contributed by atoms with Crippen LogP contribution in [0.15, 0.2) is 12.2 Å². The third-order valence-electron chi connectivity index (χ3n) is 0.576. The summed E-state index contributed by atoms with van der Waals surface area (Å²) < 4.78 is 0. The first-order valence-electron chi connectivity index (χ1n) is 2.19. The Morgan fingerprint density at radius 1 is 1.86 bits per heavy atom. The van der Waals surface area contributed by atoms with Gasteiger partial charge in [-0.05, 0) is 6.92 Å². The van der Waals surface area contributed by atoms with E-state index in [1.165, 1.54) is 0 Å². The van der Waals surface area contributed by atoms with Crippen molar-refractivity contribution in [2.45, 2.75) is 12.3 Å². The lowest BCUT2D eigenvalue weighted by atomic mass is 10.4. The van der Waals surface area contributed by atoms with Crippen molar-refractivity contribution < 1.29 is 0 Å². The molecule has 42 valence electrons. The van der Waals surface area contributed by atoms with Crippen LogP contribution in [0.3, 0.4) is 0 Å². The molecule has 7 heavy (non-hydrogen) atoms. The number of hydrogen-bond donors (Lipinski definition) is 1. The molecule has 0 aromatic carbocycles. The first kappa shape index (κ1) is 7.38. The molecule has 2 heteroatoms. The third kappa shape index (κ3) is 4.23. The first-order valence-corrected chi connectivity index (χ1v) is 3.26. The van der Waals surface area contributed by atoms with Gasteiger partial charge in [0.25, 0.3) is 0 Å². The molecule has 0 spiro atoms. The molecule has 1 unspecified atom stereocenters. The van der Waals surface area contributed by atoms with Crippen LogP contribution in [0.25, 0.3) is 0 Å². The lowest BCUT2D eigenvalue weighted by Crippen LogP contribution is -1.91. The van der Waals surface area contributed by atoms with Gasteiger partial charge in [0.05, 0.1) is 5.38 Å². The summed E-state index contributed by atoms with van der Waals surface area (Å²) in [5, 5.41) is 0.105. The van der Waals surface area contributed by atoms with Gasteiger partial charge >= 0.3 is 0 Å². The summed E-state index contributed by atoms with van der Waals surface area (Å²) in [5.74, 6) is 0.714. The molecule has 0 aromatic heterocycles. The van der Waals surface area contributed by atoms with Crippen LogP contribution in [0.2, 0.25) is 0 Å². The molecule has 0 heterocycles. The largest absolute Gasteiger partial charge is 0.177 e. The maximum absolute atomic E-state index is 5.60. The highest BCUT2D eigenvalue weighted by molar-refractivity contribution is 7.80. The molecule has 0 aliphatic carbocycles. The summed E-state index contributed by atoms with van der Waals surface area (Å²) in [5.41, 5.74) is 0. The molecule has 0 aromatic rings. The molecule has 0 nitrogen and oxygen atoms in total. The Balaban J connectivity index is 3.16. The normalized spacial score (nSPS) is 15.3. The van der Waals surface area contributed by atoms with Crippen molar-refractivity contribution >= 4 is 24.2 Å². The molecule has 0 saturated heterocycles. The van der Waals surface area contributed by atoms with E-state index in [4.69, 9.17) is 11.6 Å². The Morgan fingerprint density at radius 3 is 2.57 bits per heavy atom. The fourth-order valence-electron chi connectivity index (χ4n) is 0.270. The molecule has 0 aliphatic heterocycles. The average molecular weight is 137 g/mol. The predicted octanol–water partition coefficient (Wildman–Crippen LogP) is 2.10. The second kappa shape index (κ2) is 4.54.